The Balaban J connectivity index is 2.08. The van der Waals surface area contributed by atoms with Gasteiger partial charge in [-0.05, 0) is 17.5 Å². The molecular formula is C9H13N3OS. The van der Waals surface area contributed by atoms with Gasteiger partial charge in [0.2, 0.25) is 6.41 Å². The van der Waals surface area contributed by atoms with Gasteiger partial charge in [-0.25, -0.2) is 10.0 Å². The van der Waals surface area contributed by atoms with Gasteiger partial charge in [0.15, 0.2) is 0 Å². The molecule has 2 heterocycles. The number of nitrogens with zero attached hydrogens (tertiary/aromatic N) is 2. The number of thiophene rings is 1. The van der Waals surface area contributed by atoms with Crippen molar-refractivity contribution in [1.82, 2.24) is 10.3 Å². The van der Waals surface area contributed by atoms with Crippen molar-refractivity contribution in [2.24, 2.45) is 0 Å². The molecule has 0 aliphatic carbocycles. The number of hydrogen-bond donors (Lipinski definition) is 1. The number of carbonyl (C=O) groups is 1. The zero-order chi connectivity index (χ0) is 9.80. The molecule has 0 saturated carbocycles. The molecule has 1 fully saturated rings. The molecule has 1 aliphatic heterocycles. The van der Waals surface area contributed by atoms with Crippen LogP contribution in [-0.2, 0) is 4.79 Å². The average Bonchev–Trinajstić information content (AvgIpc) is 2.74. The zero-order valence-corrected chi connectivity index (χ0v) is 8.67. The van der Waals surface area contributed by atoms with Crippen molar-refractivity contribution < 1.29 is 4.79 Å². The molecule has 76 valence electrons. The fourth-order valence-corrected chi connectivity index (χ4v) is 2.25. The molecule has 0 bridgehead atoms. The summed E-state index contributed by atoms with van der Waals surface area (Å²) in [7, 11) is 0. The summed E-state index contributed by atoms with van der Waals surface area (Å²) in [6, 6.07) is 3.92. The molecule has 1 aromatic rings. The second kappa shape index (κ2) is 4.54. The minimum absolute atomic E-state index is 0.886. The van der Waals surface area contributed by atoms with E-state index in [1.54, 1.807) is 16.3 Å². The highest BCUT2D eigenvalue weighted by atomic mass is 32.1. The fraction of sp³-hybridized carbons (Fsp3) is 0.444. The van der Waals surface area contributed by atoms with Gasteiger partial charge in [0.25, 0.3) is 0 Å². The molecule has 0 radical (unpaired) electrons. The van der Waals surface area contributed by atoms with Gasteiger partial charge in [-0.15, -0.1) is 11.3 Å². The van der Waals surface area contributed by atoms with Crippen LogP contribution in [0, 0.1) is 0 Å². The van der Waals surface area contributed by atoms with E-state index in [1.807, 2.05) is 17.5 Å². The SMILES string of the molecule is O=CN(c1cccs1)N1CCNCC1. The largest absolute Gasteiger partial charge is 0.314 e. The van der Waals surface area contributed by atoms with E-state index in [1.165, 1.54) is 0 Å². The average molecular weight is 211 g/mol. The normalized spacial score (nSPS) is 18.0. The predicted molar refractivity (Wildman–Crippen MR) is 57.3 cm³/mol. The molecule has 5 heteroatoms. The molecule has 0 atom stereocenters. The summed E-state index contributed by atoms with van der Waals surface area (Å²) in [5.41, 5.74) is 0. The molecule has 0 spiro atoms. The van der Waals surface area contributed by atoms with Crippen LogP contribution in [0.25, 0.3) is 0 Å². The highest BCUT2D eigenvalue weighted by Gasteiger charge is 2.18. The lowest BCUT2D eigenvalue weighted by atomic mass is 10.4. The van der Waals surface area contributed by atoms with Crippen LogP contribution in [0.5, 0.6) is 0 Å². The first kappa shape index (κ1) is 9.64. The molecule has 4 nitrogen and oxygen atoms in total. The van der Waals surface area contributed by atoms with Crippen molar-refractivity contribution in [3.8, 4) is 0 Å². The summed E-state index contributed by atoms with van der Waals surface area (Å²) in [4.78, 5) is 11.0. The lowest BCUT2D eigenvalue weighted by Gasteiger charge is -2.33. The minimum atomic E-state index is 0.886. The van der Waals surface area contributed by atoms with Crippen molar-refractivity contribution in [3.05, 3.63) is 17.5 Å². The van der Waals surface area contributed by atoms with Crippen LogP contribution in [0.4, 0.5) is 5.00 Å². The third-order valence-electron chi connectivity index (χ3n) is 2.23. The summed E-state index contributed by atoms with van der Waals surface area (Å²) in [5.74, 6) is 0. The van der Waals surface area contributed by atoms with Gasteiger partial charge in [0.05, 0.1) is 0 Å². The molecule has 14 heavy (non-hydrogen) atoms. The van der Waals surface area contributed by atoms with E-state index in [0.717, 1.165) is 37.6 Å². The molecule has 1 aromatic heterocycles. The number of anilines is 1. The highest BCUT2D eigenvalue weighted by Crippen LogP contribution is 2.21. The molecular weight excluding hydrogens is 198 g/mol. The number of hydrogen-bond acceptors (Lipinski definition) is 4. The number of amides is 1. The zero-order valence-electron chi connectivity index (χ0n) is 7.85. The van der Waals surface area contributed by atoms with Gasteiger partial charge in [-0.2, -0.15) is 0 Å². The summed E-state index contributed by atoms with van der Waals surface area (Å²) >= 11 is 1.58. The smallest absolute Gasteiger partial charge is 0.229 e. The van der Waals surface area contributed by atoms with E-state index in [4.69, 9.17) is 0 Å². The van der Waals surface area contributed by atoms with Crippen LogP contribution in [0.3, 0.4) is 0 Å². The van der Waals surface area contributed by atoms with Gasteiger partial charge >= 0.3 is 0 Å². The molecule has 1 amide bonds. The van der Waals surface area contributed by atoms with E-state index in [2.05, 4.69) is 10.3 Å². The maximum absolute atomic E-state index is 11.0. The Morgan fingerprint density at radius 3 is 2.86 bits per heavy atom. The number of nitrogens with one attached hydrogen (secondary N) is 1. The Kier molecular flexibility index (Phi) is 3.13. The predicted octanol–water partition coefficient (Wildman–Crippen LogP) is 0.531. The van der Waals surface area contributed by atoms with Crippen LogP contribution in [0.15, 0.2) is 17.5 Å². The Morgan fingerprint density at radius 2 is 2.29 bits per heavy atom. The minimum Gasteiger partial charge on any atom is -0.314 e. The van der Waals surface area contributed by atoms with Crippen molar-refractivity contribution in [1.29, 1.82) is 0 Å². The second-order valence-corrected chi connectivity index (χ2v) is 4.03. The molecule has 1 aliphatic rings. The fourth-order valence-electron chi connectivity index (χ4n) is 1.53. The molecule has 0 aromatic carbocycles. The van der Waals surface area contributed by atoms with Crippen molar-refractivity contribution in [2.45, 2.75) is 0 Å². The molecule has 0 unspecified atom stereocenters. The summed E-state index contributed by atoms with van der Waals surface area (Å²) in [6.07, 6.45) is 0.886. The second-order valence-electron chi connectivity index (χ2n) is 3.10. The van der Waals surface area contributed by atoms with E-state index in [-0.39, 0.29) is 0 Å². The summed E-state index contributed by atoms with van der Waals surface area (Å²) in [5, 5.41) is 9.99. The van der Waals surface area contributed by atoms with Crippen molar-refractivity contribution >= 4 is 22.7 Å². The maximum Gasteiger partial charge on any atom is 0.229 e. The van der Waals surface area contributed by atoms with Gasteiger partial charge in [0.1, 0.15) is 5.00 Å². The quantitative estimate of drug-likeness (QED) is 0.741. The van der Waals surface area contributed by atoms with Crippen LogP contribution >= 0.6 is 11.3 Å². The van der Waals surface area contributed by atoms with Crippen LogP contribution in [0.1, 0.15) is 0 Å². The Morgan fingerprint density at radius 1 is 1.50 bits per heavy atom. The molecule has 1 saturated heterocycles. The molecule has 1 N–H and O–H groups in total. The van der Waals surface area contributed by atoms with E-state index < -0.39 is 0 Å². The Bertz CT molecular complexity index is 282. The first-order valence-electron chi connectivity index (χ1n) is 4.65. The monoisotopic (exact) mass is 211 g/mol. The third kappa shape index (κ3) is 1.95. The van der Waals surface area contributed by atoms with Crippen LogP contribution in [0.2, 0.25) is 0 Å². The Labute approximate surface area is 87.1 Å². The van der Waals surface area contributed by atoms with Gasteiger partial charge in [0, 0.05) is 26.2 Å². The summed E-state index contributed by atoms with van der Waals surface area (Å²) < 4.78 is 0. The standard InChI is InChI=1S/C9H13N3OS/c13-8-12(9-2-1-7-14-9)11-5-3-10-4-6-11/h1-2,7-8,10H,3-6H2. The first-order chi connectivity index (χ1) is 6.92. The topological polar surface area (TPSA) is 35.6 Å². The number of hydrazine groups is 1. The van der Waals surface area contributed by atoms with E-state index in [0.29, 0.717) is 0 Å². The van der Waals surface area contributed by atoms with Crippen LogP contribution in [-0.4, -0.2) is 37.6 Å². The summed E-state index contributed by atoms with van der Waals surface area (Å²) in [6.45, 7) is 3.65. The lowest BCUT2D eigenvalue weighted by Crippen LogP contribution is -2.52. The Hall–Kier alpha value is -0.910. The van der Waals surface area contributed by atoms with Gasteiger partial charge in [-0.1, -0.05) is 0 Å². The third-order valence-corrected chi connectivity index (χ3v) is 3.09. The number of piperazine rings is 1. The number of carbonyl (C=O) groups excluding carboxylic acids is 1. The van der Waals surface area contributed by atoms with Gasteiger partial charge < -0.3 is 5.32 Å². The van der Waals surface area contributed by atoms with E-state index >= 15 is 0 Å². The van der Waals surface area contributed by atoms with Crippen molar-refractivity contribution in [2.75, 3.05) is 31.2 Å². The number of rotatable bonds is 3. The van der Waals surface area contributed by atoms with Crippen molar-refractivity contribution in [3.63, 3.8) is 0 Å². The first-order valence-corrected chi connectivity index (χ1v) is 5.53. The molecule has 2 rings (SSSR count). The van der Waals surface area contributed by atoms with Crippen LogP contribution < -0.4 is 10.3 Å². The van der Waals surface area contributed by atoms with Gasteiger partial charge in [-0.3, -0.25) is 4.79 Å². The lowest BCUT2D eigenvalue weighted by molar-refractivity contribution is -0.110. The highest BCUT2D eigenvalue weighted by molar-refractivity contribution is 7.14. The van der Waals surface area contributed by atoms with E-state index in [9.17, 15) is 4.79 Å². The maximum atomic E-state index is 11.0.